The quantitative estimate of drug-likeness (QED) is 0.569. The van der Waals surface area contributed by atoms with Crippen LogP contribution in [-0.2, 0) is 6.42 Å². The fourth-order valence-electron chi connectivity index (χ4n) is 0.815. The topological polar surface area (TPSA) is 23.8 Å². The summed E-state index contributed by atoms with van der Waals surface area (Å²) in [4.78, 5) is 0. The fraction of sp³-hybridized carbons (Fsp3) is 0.111. The lowest BCUT2D eigenvalue weighted by Crippen LogP contribution is -1.84. The molecule has 0 amide bonds. The van der Waals surface area contributed by atoms with Gasteiger partial charge in [0.15, 0.2) is 0 Å². The van der Waals surface area contributed by atoms with Gasteiger partial charge in [-0.15, -0.1) is 0 Å². The normalized spacial score (nSPS) is 8.80. The molecule has 0 aliphatic rings. The molecule has 1 heteroatoms. The van der Waals surface area contributed by atoms with E-state index in [1.165, 1.54) is 0 Å². The highest BCUT2D eigenvalue weighted by atomic mass is 14.2. The third-order valence-corrected chi connectivity index (χ3v) is 1.39. The summed E-state index contributed by atoms with van der Waals surface area (Å²) in [5, 5.41) is 8.37. The Morgan fingerprint density at radius 3 is 2.70 bits per heavy atom. The molecule has 10 heavy (non-hydrogen) atoms. The van der Waals surface area contributed by atoms with Crippen LogP contribution in [0.1, 0.15) is 11.1 Å². The van der Waals surface area contributed by atoms with Crippen molar-refractivity contribution in [3.63, 3.8) is 0 Å². The predicted octanol–water partition coefficient (Wildman–Crippen LogP) is 1.93. The first-order valence-corrected chi connectivity index (χ1v) is 3.11. The molecule has 1 aromatic carbocycles. The molecule has 0 saturated carbocycles. The molecule has 1 rings (SSSR count). The zero-order valence-electron chi connectivity index (χ0n) is 5.67. The van der Waals surface area contributed by atoms with Crippen LogP contribution in [0.3, 0.4) is 0 Å². The minimum Gasteiger partial charge on any atom is -0.198 e. The Balaban J connectivity index is 2.94. The van der Waals surface area contributed by atoms with Gasteiger partial charge < -0.3 is 0 Å². The van der Waals surface area contributed by atoms with Crippen molar-refractivity contribution in [3.8, 4) is 6.07 Å². The summed E-state index contributed by atoms with van der Waals surface area (Å²) in [5.41, 5.74) is 1.97. The molecular weight excluding hydrogens is 122 g/mol. The van der Waals surface area contributed by atoms with Gasteiger partial charge in [-0.2, -0.15) is 5.26 Å². The maximum Gasteiger partial charge on any atom is 0.0669 e. The second-order valence-electron chi connectivity index (χ2n) is 2.10. The average molecular weight is 130 g/mol. The zero-order chi connectivity index (χ0) is 7.40. The Morgan fingerprint density at radius 1 is 1.40 bits per heavy atom. The highest BCUT2D eigenvalue weighted by molar-refractivity contribution is 5.31. The van der Waals surface area contributed by atoms with Crippen LogP contribution in [0.25, 0.3) is 0 Å². The van der Waals surface area contributed by atoms with Crippen LogP contribution < -0.4 is 0 Å². The summed E-state index contributed by atoms with van der Waals surface area (Å²) in [6.45, 7) is 3.79. The summed E-state index contributed by atoms with van der Waals surface area (Å²) in [7, 11) is 0. The molecule has 1 nitrogen and oxygen atoms in total. The Kier molecular flexibility index (Phi) is 2.07. The van der Waals surface area contributed by atoms with Gasteiger partial charge in [-0.3, -0.25) is 0 Å². The van der Waals surface area contributed by atoms with Crippen molar-refractivity contribution in [1.29, 1.82) is 5.26 Å². The first-order chi connectivity index (χ1) is 4.84. The molecule has 0 N–H and O–H groups in total. The van der Waals surface area contributed by atoms with Gasteiger partial charge in [0.05, 0.1) is 12.5 Å². The van der Waals surface area contributed by atoms with Crippen LogP contribution in [0.4, 0.5) is 0 Å². The highest BCUT2D eigenvalue weighted by Gasteiger charge is 1.92. The molecule has 0 bridgehead atoms. The smallest absolute Gasteiger partial charge is 0.0669 e. The lowest BCUT2D eigenvalue weighted by molar-refractivity contribution is 1.24. The van der Waals surface area contributed by atoms with E-state index in [1.54, 1.807) is 0 Å². The largest absolute Gasteiger partial charge is 0.198 e. The van der Waals surface area contributed by atoms with Gasteiger partial charge in [0.25, 0.3) is 0 Å². The van der Waals surface area contributed by atoms with Crippen molar-refractivity contribution < 1.29 is 0 Å². The van der Waals surface area contributed by atoms with Crippen LogP contribution in [0, 0.1) is 18.3 Å². The van der Waals surface area contributed by atoms with E-state index in [0.29, 0.717) is 6.42 Å². The van der Waals surface area contributed by atoms with Crippen LogP contribution >= 0.6 is 0 Å². The summed E-state index contributed by atoms with van der Waals surface area (Å²) < 4.78 is 0. The van der Waals surface area contributed by atoms with Crippen LogP contribution in [0.15, 0.2) is 24.3 Å². The minimum atomic E-state index is 0.458. The Hall–Kier alpha value is -1.29. The van der Waals surface area contributed by atoms with Crippen LogP contribution in [0.5, 0.6) is 0 Å². The third-order valence-electron chi connectivity index (χ3n) is 1.39. The number of rotatable bonds is 1. The van der Waals surface area contributed by atoms with Gasteiger partial charge in [0.1, 0.15) is 0 Å². The van der Waals surface area contributed by atoms with Crippen molar-refractivity contribution >= 4 is 0 Å². The molecule has 0 fully saturated rings. The molecule has 0 unspecified atom stereocenters. The Bertz CT molecular complexity index is 258. The maximum absolute atomic E-state index is 8.37. The number of nitriles is 1. The van der Waals surface area contributed by atoms with Crippen molar-refractivity contribution in [2.45, 2.75) is 6.42 Å². The lowest BCUT2D eigenvalue weighted by atomic mass is 10.1. The van der Waals surface area contributed by atoms with Gasteiger partial charge in [0, 0.05) is 0 Å². The fourth-order valence-corrected chi connectivity index (χ4v) is 0.815. The van der Waals surface area contributed by atoms with Gasteiger partial charge in [-0.05, 0) is 18.1 Å². The van der Waals surface area contributed by atoms with Crippen molar-refractivity contribution in [3.05, 3.63) is 42.3 Å². The van der Waals surface area contributed by atoms with E-state index < -0.39 is 0 Å². The Labute approximate surface area is 60.9 Å². The molecule has 0 aromatic heterocycles. The zero-order valence-corrected chi connectivity index (χ0v) is 5.67. The predicted molar refractivity (Wildman–Crippen MR) is 40.2 cm³/mol. The van der Waals surface area contributed by atoms with Crippen molar-refractivity contribution in [2.24, 2.45) is 0 Å². The molecule has 0 spiro atoms. The Morgan fingerprint density at radius 2 is 2.10 bits per heavy atom. The lowest BCUT2D eigenvalue weighted by Gasteiger charge is -1.96. The molecular formula is C9H8N. The second-order valence-corrected chi connectivity index (χ2v) is 2.10. The molecule has 0 aliphatic carbocycles. The summed E-state index contributed by atoms with van der Waals surface area (Å²) >= 11 is 0. The van der Waals surface area contributed by atoms with E-state index in [2.05, 4.69) is 13.0 Å². The average Bonchev–Trinajstić information content (AvgIpc) is 1.94. The van der Waals surface area contributed by atoms with Gasteiger partial charge in [-0.1, -0.05) is 24.3 Å². The van der Waals surface area contributed by atoms with Gasteiger partial charge in [0.2, 0.25) is 0 Å². The van der Waals surface area contributed by atoms with Gasteiger partial charge >= 0.3 is 0 Å². The summed E-state index contributed by atoms with van der Waals surface area (Å²) in [6.07, 6.45) is 0.458. The van der Waals surface area contributed by atoms with Gasteiger partial charge in [-0.25, -0.2) is 0 Å². The summed E-state index contributed by atoms with van der Waals surface area (Å²) in [5.74, 6) is 0. The van der Waals surface area contributed by atoms with Crippen molar-refractivity contribution in [2.75, 3.05) is 0 Å². The minimum absolute atomic E-state index is 0.458. The third kappa shape index (κ3) is 1.35. The maximum atomic E-state index is 8.37. The first-order valence-electron chi connectivity index (χ1n) is 3.11. The van der Waals surface area contributed by atoms with E-state index in [9.17, 15) is 0 Å². The van der Waals surface area contributed by atoms with Crippen molar-refractivity contribution in [1.82, 2.24) is 0 Å². The first kappa shape index (κ1) is 6.82. The molecule has 1 aromatic rings. The van der Waals surface area contributed by atoms with E-state index in [4.69, 9.17) is 5.26 Å². The van der Waals surface area contributed by atoms with E-state index in [0.717, 1.165) is 11.1 Å². The standard InChI is InChI=1S/C9H8N/c1-8-4-2-3-5-9(8)6-7-10/h2-5H,1,6H2. The number of nitrogens with zero attached hydrogens (tertiary/aromatic N) is 1. The molecule has 49 valence electrons. The van der Waals surface area contributed by atoms with Crippen LogP contribution in [-0.4, -0.2) is 0 Å². The molecule has 0 saturated heterocycles. The molecule has 0 heterocycles. The second kappa shape index (κ2) is 3.03. The van der Waals surface area contributed by atoms with E-state index in [1.807, 2.05) is 24.3 Å². The number of hydrogen-bond donors (Lipinski definition) is 0. The van der Waals surface area contributed by atoms with E-state index >= 15 is 0 Å². The number of hydrogen-bond acceptors (Lipinski definition) is 1. The monoisotopic (exact) mass is 130 g/mol. The van der Waals surface area contributed by atoms with Crippen LogP contribution in [0.2, 0.25) is 0 Å². The molecule has 0 aliphatic heterocycles. The molecule has 1 radical (unpaired) electrons. The summed E-state index contributed by atoms with van der Waals surface area (Å²) in [6, 6.07) is 9.75. The number of benzene rings is 1. The SMILES string of the molecule is [CH2]c1ccccc1CC#N. The highest BCUT2D eigenvalue weighted by Crippen LogP contribution is 2.06. The van der Waals surface area contributed by atoms with E-state index in [-0.39, 0.29) is 0 Å². The molecule has 0 atom stereocenters.